The van der Waals surface area contributed by atoms with Crippen LogP contribution >= 0.6 is 0 Å². The lowest BCUT2D eigenvalue weighted by Crippen LogP contribution is -2.35. The number of benzene rings is 2. The molecule has 190 valence electrons. The molecule has 0 spiro atoms. The van der Waals surface area contributed by atoms with Crippen LogP contribution in [0.1, 0.15) is 45.2 Å². The van der Waals surface area contributed by atoms with Crippen molar-refractivity contribution in [3.05, 3.63) is 59.8 Å². The molecule has 3 aromatic rings. The first-order valence-electron chi connectivity index (χ1n) is 12.4. The van der Waals surface area contributed by atoms with Crippen molar-refractivity contribution >= 4 is 16.6 Å². The maximum atomic E-state index is 9.20. The summed E-state index contributed by atoms with van der Waals surface area (Å²) >= 11 is 0. The van der Waals surface area contributed by atoms with E-state index < -0.39 is 0 Å². The van der Waals surface area contributed by atoms with Gasteiger partial charge in [-0.3, -0.25) is 4.68 Å². The zero-order chi connectivity index (χ0) is 26.0. The van der Waals surface area contributed by atoms with Crippen molar-refractivity contribution in [3.8, 4) is 17.9 Å². The van der Waals surface area contributed by atoms with E-state index in [1.807, 2.05) is 49.1 Å². The summed E-state index contributed by atoms with van der Waals surface area (Å²) in [4.78, 5) is 2.28. The van der Waals surface area contributed by atoms with Gasteiger partial charge in [0.2, 0.25) is 0 Å². The Hall–Kier alpha value is -3.36. The second-order valence-corrected chi connectivity index (χ2v) is 9.68. The van der Waals surface area contributed by atoms with Crippen molar-refractivity contribution < 1.29 is 9.47 Å². The number of nitrogens with one attached hydrogen (secondary N) is 1. The van der Waals surface area contributed by atoms with Crippen LogP contribution in [0.25, 0.3) is 10.9 Å². The summed E-state index contributed by atoms with van der Waals surface area (Å²) in [5.74, 6) is 6.18. The number of hydrogen-bond donors (Lipinski definition) is 1. The number of aryl methyl sites for hydroxylation is 1. The first-order valence-corrected chi connectivity index (χ1v) is 12.4. The standard InChI is InChI=1S/C29H37N5O2/c1-6-35-28(36-18-8-7-16-31-29(2,3)4)15-17-34(26-12-9-23(20-30)10-13-26)22-24-11-14-27-25(19-24)21-32-33(27)5/h9-14,19,21,28,31H,6,15-18,22H2,1-5H3. The molecule has 7 heteroatoms. The molecule has 7 nitrogen and oxygen atoms in total. The molecule has 1 heterocycles. The monoisotopic (exact) mass is 487 g/mol. The molecular formula is C29H37N5O2. The van der Waals surface area contributed by atoms with Crippen molar-refractivity contribution in [2.75, 3.05) is 31.2 Å². The molecule has 0 amide bonds. The highest BCUT2D eigenvalue weighted by Gasteiger charge is 2.14. The molecule has 0 fully saturated rings. The van der Waals surface area contributed by atoms with Crippen molar-refractivity contribution in [2.45, 2.75) is 52.5 Å². The van der Waals surface area contributed by atoms with Gasteiger partial charge in [0.1, 0.15) is 6.61 Å². The molecule has 0 aliphatic heterocycles. The van der Waals surface area contributed by atoms with Gasteiger partial charge in [-0.1, -0.05) is 17.9 Å². The number of anilines is 1. The van der Waals surface area contributed by atoms with Gasteiger partial charge >= 0.3 is 0 Å². The van der Waals surface area contributed by atoms with Gasteiger partial charge in [0.15, 0.2) is 6.29 Å². The minimum Gasteiger partial charge on any atom is -0.367 e. The predicted octanol–water partition coefficient (Wildman–Crippen LogP) is 4.61. The van der Waals surface area contributed by atoms with Gasteiger partial charge in [0.25, 0.3) is 0 Å². The number of nitriles is 1. The van der Waals surface area contributed by atoms with E-state index in [9.17, 15) is 5.26 Å². The molecule has 0 saturated carbocycles. The summed E-state index contributed by atoms with van der Waals surface area (Å²) in [5, 5.41) is 18.0. The fourth-order valence-electron chi connectivity index (χ4n) is 3.80. The molecule has 2 aromatic carbocycles. The smallest absolute Gasteiger partial charge is 0.160 e. The van der Waals surface area contributed by atoms with E-state index in [0.29, 0.717) is 38.3 Å². The first-order chi connectivity index (χ1) is 17.3. The number of ether oxygens (including phenoxy) is 2. The van der Waals surface area contributed by atoms with E-state index in [1.54, 1.807) is 0 Å². The number of rotatable bonds is 11. The fraction of sp³-hybridized carbons (Fsp3) is 0.448. The van der Waals surface area contributed by atoms with Crippen LogP contribution in [-0.4, -0.2) is 47.9 Å². The van der Waals surface area contributed by atoms with E-state index in [0.717, 1.165) is 23.1 Å². The lowest BCUT2D eigenvalue weighted by Gasteiger charge is -2.27. The van der Waals surface area contributed by atoms with Crippen molar-refractivity contribution in [1.82, 2.24) is 15.1 Å². The maximum absolute atomic E-state index is 9.20. The van der Waals surface area contributed by atoms with Crippen LogP contribution in [0.4, 0.5) is 5.69 Å². The number of hydrogen-bond acceptors (Lipinski definition) is 6. The normalized spacial score (nSPS) is 12.1. The van der Waals surface area contributed by atoms with Gasteiger partial charge in [-0.05, 0) is 69.7 Å². The van der Waals surface area contributed by atoms with Gasteiger partial charge in [-0.15, -0.1) is 0 Å². The Labute approximate surface area is 215 Å². The molecule has 0 saturated heterocycles. The number of fused-ring (bicyclic) bond motifs is 1. The quantitative estimate of drug-likeness (QED) is 0.314. The van der Waals surface area contributed by atoms with Crippen molar-refractivity contribution in [2.24, 2.45) is 7.05 Å². The summed E-state index contributed by atoms with van der Waals surface area (Å²) < 4.78 is 13.7. The van der Waals surface area contributed by atoms with Crippen LogP contribution in [0.3, 0.4) is 0 Å². The molecule has 0 bridgehead atoms. The maximum Gasteiger partial charge on any atom is 0.160 e. The van der Waals surface area contributed by atoms with Gasteiger partial charge in [-0.25, -0.2) is 0 Å². The molecule has 1 N–H and O–H groups in total. The van der Waals surface area contributed by atoms with Crippen LogP contribution in [0.5, 0.6) is 0 Å². The zero-order valence-corrected chi connectivity index (χ0v) is 22.0. The summed E-state index contributed by atoms with van der Waals surface area (Å²) in [6.45, 7) is 11.3. The van der Waals surface area contributed by atoms with Crippen molar-refractivity contribution in [3.63, 3.8) is 0 Å². The minimum absolute atomic E-state index is 0.0415. The number of aromatic nitrogens is 2. The lowest BCUT2D eigenvalue weighted by atomic mass is 10.1. The zero-order valence-electron chi connectivity index (χ0n) is 22.0. The minimum atomic E-state index is -0.346. The van der Waals surface area contributed by atoms with Crippen LogP contribution in [0.2, 0.25) is 0 Å². The highest BCUT2D eigenvalue weighted by molar-refractivity contribution is 5.79. The third-order valence-corrected chi connectivity index (χ3v) is 5.71. The Morgan fingerprint density at radius 3 is 2.58 bits per heavy atom. The van der Waals surface area contributed by atoms with Crippen LogP contribution < -0.4 is 10.2 Å². The van der Waals surface area contributed by atoms with Crippen molar-refractivity contribution in [1.29, 1.82) is 5.26 Å². The Morgan fingerprint density at radius 2 is 1.89 bits per heavy atom. The van der Waals surface area contributed by atoms with E-state index in [4.69, 9.17) is 9.47 Å². The molecule has 0 aliphatic carbocycles. The third-order valence-electron chi connectivity index (χ3n) is 5.71. The first kappa shape index (κ1) is 27.2. The topological polar surface area (TPSA) is 75.3 Å². The van der Waals surface area contributed by atoms with E-state index in [1.165, 1.54) is 5.56 Å². The second-order valence-electron chi connectivity index (χ2n) is 9.68. The Bertz CT molecular complexity index is 1210. The second kappa shape index (κ2) is 13.1. The summed E-state index contributed by atoms with van der Waals surface area (Å²) in [6, 6.07) is 16.3. The van der Waals surface area contributed by atoms with E-state index in [-0.39, 0.29) is 11.8 Å². The molecule has 0 radical (unpaired) electrons. The molecule has 1 unspecified atom stereocenters. The van der Waals surface area contributed by atoms with Crippen LogP contribution in [0, 0.1) is 23.2 Å². The van der Waals surface area contributed by atoms with Gasteiger partial charge in [0.05, 0.1) is 29.9 Å². The fourth-order valence-corrected chi connectivity index (χ4v) is 3.80. The Kier molecular flexibility index (Phi) is 9.90. The Balaban J connectivity index is 1.67. The molecule has 1 aromatic heterocycles. The van der Waals surface area contributed by atoms with E-state index >= 15 is 0 Å². The Morgan fingerprint density at radius 1 is 1.11 bits per heavy atom. The molecular weight excluding hydrogens is 450 g/mol. The summed E-state index contributed by atoms with van der Waals surface area (Å²) in [6.07, 6.45) is 2.23. The average Bonchev–Trinajstić information content (AvgIpc) is 3.23. The highest BCUT2D eigenvalue weighted by Crippen LogP contribution is 2.22. The summed E-state index contributed by atoms with van der Waals surface area (Å²) in [7, 11) is 1.95. The van der Waals surface area contributed by atoms with E-state index in [2.05, 4.69) is 72.2 Å². The number of nitrogens with zero attached hydrogens (tertiary/aromatic N) is 4. The highest BCUT2D eigenvalue weighted by atomic mass is 16.7. The molecule has 1 atom stereocenters. The van der Waals surface area contributed by atoms with Crippen LogP contribution in [-0.2, 0) is 23.1 Å². The van der Waals surface area contributed by atoms with Crippen LogP contribution in [0.15, 0.2) is 48.7 Å². The summed E-state index contributed by atoms with van der Waals surface area (Å²) in [5.41, 5.74) is 4.02. The third kappa shape index (κ3) is 8.39. The van der Waals surface area contributed by atoms with Gasteiger partial charge in [-0.2, -0.15) is 10.4 Å². The predicted molar refractivity (Wildman–Crippen MR) is 144 cm³/mol. The molecule has 3 rings (SSSR count). The molecule has 0 aliphatic rings. The van der Waals surface area contributed by atoms with Gasteiger partial charge < -0.3 is 19.7 Å². The SMILES string of the molecule is CCOC(CCN(Cc1ccc2c(cnn2C)c1)c1ccc(C#N)cc1)OCC#CCNC(C)(C)C. The largest absolute Gasteiger partial charge is 0.367 e. The average molecular weight is 488 g/mol. The van der Waals surface area contributed by atoms with Gasteiger partial charge in [0, 0.05) is 49.8 Å². The lowest BCUT2D eigenvalue weighted by molar-refractivity contribution is -0.132. The molecule has 36 heavy (non-hydrogen) atoms.